The second-order valence-corrected chi connectivity index (χ2v) is 5.09. The predicted octanol–water partition coefficient (Wildman–Crippen LogP) is 3.62. The summed E-state index contributed by atoms with van der Waals surface area (Å²) in [6.07, 6.45) is -1.55. The second-order valence-electron chi connectivity index (χ2n) is 4.17. The molecule has 5 heteroatoms. The molecule has 0 saturated heterocycles. The van der Waals surface area contributed by atoms with Crippen molar-refractivity contribution in [2.75, 3.05) is 6.61 Å². The Morgan fingerprint density at radius 2 is 1.89 bits per heavy atom. The number of halogens is 2. The number of hydrogen-bond donors (Lipinski definition) is 0. The lowest BCUT2D eigenvalue weighted by molar-refractivity contribution is -0.152. The summed E-state index contributed by atoms with van der Waals surface area (Å²) in [6.45, 7) is 3.10. The molecular weight excluding hydrogens is 315 g/mol. The molecule has 0 spiro atoms. The lowest BCUT2D eigenvalue weighted by atomic mass is 9.95. The van der Waals surface area contributed by atoms with Crippen LogP contribution in [0.1, 0.15) is 32.0 Å². The van der Waals surface area contributed by atoms with Gasteiger partial charge in [0.2, 0.25) is 0 Å². The first-order valence-electron chi connectivity index (χ1n) is 6.02. The quantitative estimate of drug-likeness (QED) is 0.591. The number of carbonyl (C=O) groups excluding carboxylic acids is 2. The van der Waals surface area contributed by atoms with Gasteiger partial charge < -0.3 is 4.74 Å². The molecule has 0 saturated carbocycles. The van der Waals surface area contributed by atoms with Crippen molar-refractivity contribution in [1.82, 2.24) is 0 Å². The average Bonchev–Trinajstić information content (AvgIpc) is 2.36. The molecule has 0 heterocycles. The topological polar surface area (TPSA) is 43.4 Å². The second kappa shape index (κ2) is 7.38. The number of Topliss-reactive ketones (excluding diaryl/α,β-unsaturated/α-hetero) is 1. The van der Waals surface area contributed by atoms with Gasteiger partial charge in [-0.25, -0.2) is 4.39 Å². The number of carbonyl (C=O) groups is 2. The third kappa shape index (κ3) is 4.74. The van der Waals surface area contributed by atoms with Crippen LogP contribution in [0.4, 0.5) is 4.39 Å². The predicted molar refractivity (Wildman–Crippen MR) is 73.4 cm³/mol. The minimum absolute atomic E-state index is 0.178. The van der Waals surface area contributed by atoms with Gasteiger partial charge in [0.15, 0.2) is 0 Å². The highest BCUT2D eigenvalue weighted by Crippen LogP contribution is 2.27. The first kappa shape index (κ1) is 15.8. The van der Waals surface area contributed by atoms with Crippen LogP contribution in [-0.2, 0) is 14.3 Å². The van der Waals surface area contributed by atoms with Crippen LogP contribution in [0, 0.1) is 5.92 Å². The van der Waals surface area contributed by atoms with Crippen molar-refractivity contribution in [3.8, 4) is 0 Å². The van der Waals surface area contributed by atoms with E-state index >= 15 is 0 Å². The van der Waals surface area contributed by atoms with Crippen molar-refractivity contribution in [1.29, 1.82) is 0 Å². The first-order valence-corrected chi connectivity index (χ1v) is 6.81. The number of rotatable bonds is 6. The summed E-state index contributed by atoms with van der Waals surface area (Å²) in [4.78, 5) is 23.0. The van der Waals surface area contributed by atoms with Crippen molar-refractivity contribution < 1.29 is 18.7 Å². The highest BCUT2D eigenvalue weighted by atomic mass is 79.9. The minimum Gasteiger partial charge on any atom is -0.465 e. The number of benzene rings is 1. The number of ketones is 1. The Hall–Kier alpha value is -1.23. The molecule has 1 aromatic carbocycles. The van der Waals surface area contributed by atoms with E-state index in [0.29, 0.717) is 5.56 Å². The molecule has 2 atom stereocenters. The fraction of sp³-hybridized carbons (Fsp3) is 0.429. The first-order chi connectivity index (χ1) is 8.95. The van der Waals surface area contributed by atoms with E-state index in [4.69, 9.17) is 4.74 Å². The summed E-state index contributed by atoms with van der Waals surface area (Å²) in [5, 5.41) is 0. The summed E-state index contributed by atoms with van der Waals surface area (Å²) >= 11 is 3.26. The Morgan fingerprint density at radius 3 is 2.37 bits per heavy atom. The monoisotopic (exact) mass is 330 g/mol. The highest BCUT2D eigenvalue weighted by Gasteiger charge is 2.28. The Kier molecular flexibility index (Phi) is 6.15. The molecule has 0 fully saturated rings. The molecular formula is C14H16BrFO3. The van der Waals surface area contributed by atoms with Crippen LogP contribution in [-0.4, -0.2) is 18.4 Å². The van der Waals surface area contributed by atoms with Gasteiger partial charge >= 0.3 is 5.97 Å². The smallest absolute Gasteiger partial charge is 0.316 e. The number of hydrogen-bond acceptors (Lipinski definition) is 3. The summed E-state index contributed by atoms with van der Waals surface area (Å²) in [5.74, 6) is -2.08. The highest BCUT2D eigenvalue weighted by molar-refractivity contribution is 9.10. The van der Waals surface area contributed by atoms with Gasteiger partial charge in [-0.2, -0.15) is 0 Å². The van der Waals surface area contributed by atoms with Crippen molar-refractivity contribution >= 4 is 27.7 Å². The van der Waals surface area contributed by atoms with Crippen LogP contribution in [0.2, 0.25) is 0 Å². The summed E-state index contributed by atoms with van der Waals surface area (Å²) < 4.78 is 19.7. The lowest BCUT2D eigenvalue weighted by Crippen LogP contribution is -2.25. The van der Waals surface area contributed by atoms with E-state index in [0.717, 1.165) is 4.47 Å². The van der Waals surface area contributed by atoms with Gasteiger partial charge in [0.25, 0.3) is 0 Å². The Labute approximate surface area is 120 Å². The maximum Gasteiger partial charge on any atom is 0.316 e. The van der Waals surface area contributed by atoms with Crippen LogP contribution >= 0.6 is 15.9 Å². The molecule has 2 unspecified atom stereocenters. The van der Waals surface area contributed by atoms with Gasteiger partial charge in [0.05, 0.1) is 6.61 Å². The molecule has 0 aliphatic rings. The molecule has 1 aromatic rings. The van der Waals surface area contributed by atoms with Gasteiger partial charge in [-0.1, -0.05) is 28.1 Å². The lowest BCUT2D eigenvalue weighted by Gasteiger charge is -2.15. The van der Waals surface area contributed by atoms with Crippen molar-refractivity contribution in [2.45, 2.75) is 26.4 Å². The van der Waals surface area contributed by atoms with E-state index in [1.54, 1.807) is 31.2 Å². The maximum atomic E-state index is 14.1. The third-order valence-corrected chi connectivity index (χ3v) is 3.26. The molecule has 0 aromatic heterocycles. The van der Waals surface area contributed by atoms with E-state index in [1.165, 1.54) is 6.92 Å². The van der Waals surface area contributed by atoms with Crippen molar-refractivity contribution in [3.05, 3.63) is 34.3 Å². The fourth-order valence-electron chi connectivity index (χ4n) is 1.69. The van der Waals surface area contributed by atoms with Crippen LogP contribution in [0.25, 0.3) is 0 Å². The van der Waals surface area contributed by atoms with Gasteiger partial charge in [0.1, 0.15) is 17.9 Å². The van der Waals surface area contributed by atoms with E-state index in [9.17, 15) is 14.0 Å². The molecule has 19 heavy (non-hydrogen) atoms. The molecule has 0 N–H and O–H groups in total. The molecule has 1 rings (SSSR count). The zero-order valence-electron chi connectivity index (χ0n) is 10.9. The van der Waals surface area contributed by atoms with Gasteiger partial charge in [-0.05, 0) is 31.5 Å². The van der Waals surface area contributed by atoms with E-state index < -0.39 is 18.1 Å². The fourth-order valence-corrected chi connectivity index (χ4v) is 1.95. The van der Waals surface area contributed by atoms with Crippen LogP contribution in [0.15, 0.2) is 28.7 Å². The van der Waals surface area contributed by atoms with Crippen LogP contribution in [0.5, 0.6) is 0 Å². The van der Waals surface area contributed by atoms with Crippen molar-refractivity contribution in [2.24, 2.45) is 5.92 Å². The summed E-state index contributed by atoms with van der Waals surface area (Å²) in [6, 6.07) is 6.68. The minimum atomic E-state index is -1.37. The molecule has 104 valence electrons. The molecule has 0 radical (unpaired) electrons. The van der Waals surface area contributed by atoms with Gasteiger partial charge in [-0.15, -0.1) is 0 Å². The summed E-state index contributed by atoms with van der Waals surface area (Å²) in [7, 11) is 0. The summed E-state index contributed by atoms with van der Waals surface area (Å²) in [5.41, 5.74) is 0.443. The zero-order chi connectivity index (χ0) is 14.4. The van der Waals surface area contributed by atoms with Gasteiger partial charge in [-0.3, -0.25) is 9.59 Å². The molecule has 0 aliphatic carbocycles. The van der Waals surface area contributed by atoms with E-state index in [-0.39, 0.29) is 18.8 Å². The average molecular weight is 331 g/mol. The Balaban J connectivity index is 2.76. The SMILES string of the molecule is CCOC(=O)C(CC(F)c1ccc(Br)cc1)C(C)=O. The Bertz CT molecular complexity index is 445. The third-order valence-electron chi connectivity index (χ3n) is 2.74. The van der Waals surface area contributed by atoms with Crippen LogP contribution in [0.3, 0.4) is 0 Å². The number of alkyl halides is 1. The molecule has 3 nitrogen and oxygen atoms in total. The van der Waals surface area contributed by atoms with Crippen LogP contribution < -0.4 is 0 Å². The van der Waals surface area contributed by atoms with E-state index in [2.05, 4.69) is 15.9 Å². The molecule has 0 bridgehead atoms. The van der Waals surface area contributed by atoms with E-state index in [1.807, 2.05) is 0 Å². The maximum absolute atomic E-state index is 14.1. The van der Waals surface area contributed by atoms with Gasteiger partial charge in [0, 0.05) is 10.9 Å². The molecule has 0 aliphatic heterocycles. The zero-order valence-corrected chi connectivity index (χ0v) is 12.4. The standard InChI is InChI=1S/C14H16BrFO3/c1-3-19-14(18)12(9(2)17)8-13(16)10-4-6-11(15)7-5-10/h4-7,12-13H,3,8H2,1-2H3. The normalized spacial score (nSPS) is 13.7. The molecule has 0 amide bonds. The largest absolute Gasteiger partial charge is 0.465 e. The number of ether oxygens (including phenoxy) is 1. The number of esters is 1. The Morgan fingerprint density at radius 1 is 1.32 bits per heavy atom. The van der Waals surface area contributed by atoms with Crippen molar-refractivity contribution in [3.63, 3.8) is 0 Å².